The zero-order chi connectivity index (χ0) is 21.3. The number of amides is 1. The summed E-state index contributed by atoms with van der Waals surface area (Å²) in [6.45, 7) is 5.19. The van der Waals surface area contributed by atoms with Crippen LogP contribution >= 0.6 is 11.6 Å². The largest absolute Gasteiger partial charge is 0.435 e. The lowest BCUT2D eigenvalue weighted by atomic mass is 10.2. The number of carbonyl (C=O) groups excluding carboxylic acids is 1. The Hall–Kier alpha value is -2.81. The van der Waals surface area contributed by atoms with Crippen LogP contribution < -0.4 is 5.32 Å². The van der Waals surface area contributed by atoms with Crippen molar-refractivity contribution in [2.24, 2.45) is 0 Å². The second-order valence-corrected chi connectivity index (χ2v) is 7.11. The van der Waals surface area contributed by atoms with E-state index in [1.807, 2.05) is 25.1 Å². The van der Waals surface area contributed by atoms with Crippen LogP contribution in [0.4, 0.5) is 19.0 Å². The molecule has 3 rings (SSSR count). The maximum absolute atomic E-state index is 12.8. The van der Waals surface area contributed by atoms with Crippen LogP contribution in [0.2, 0.25) is 5.02 Å². The Morgan fingerprint density at radius 2 is 1.86 bits per heavy atom. The number of carbonyl (C=O) groups is 1. The van der Waals surface area contributed by atoms with Gasteiger partial charge in [0.1, 0.15) is 6.04 Å². The molecular formula is C19H19ClF3N5O. The average molecular weight is 426 g/mol. The Balaban J connectivity index is 1.74. The predicted molar refractivity (Wildman–Crippen MR) is 103 cm³/mol. The van der Waals surface area contributed by atoms with E-state index < -0.39 is 23.8 Å². The smallest absolute Gasteiger partial charge is 0.307 e. The summed E-state index contributed by atoms with van der Waals surface area (Å²) in [6.07, 6.45) is -4.57. The molecule has 0 aliphatic heterocycles. The Morgan fingerprint density at radius 3 is 2.48 bits per heavy atom. The Bertz CT molecular complexity index is 1040. The first-order valence-electron chi connectivity index (χ1n) is 8.78. The number of anilines is 1. The van der Waals surface area contributed by atoms with Crippen molar-refractivity contribution in [2.45, 2.75) is 39.5 Å². The molecular weight excluding hydrogens is 407 g/mol. The van der Waals surface area contributed by atoms with Crippen molar-refractivity contribution in [1.82, 2.24) is 19.6 Å². The van der Waals surface area contributed by atoms with Gasteiger partial charge in [-0.05, 0) is 38.5 Å². The minimum Gasteiger partial charge on any atom is -0.307 e. The minimum atomic E-state index is -4.57. The summed E-state index contributed by atoms with van der Waals surface area (Å²) in [4.78, 5) is 12.5. The second kappa shape index (κ2) is 7.90. The van der Waals surface area contributed by atoms with Gasteiger partial charge in [0.05, 0.1) is 6.54 Å². The molecule has 10 heteroatoms. The quantitative estimate of drug-likeness (QED) is 0.649. The number of alkyl halides is 3. The molecule has 6 nitrogen and oxygen atoms in total. The number of hydrogen-bond donors (Lipinski definition) is 1. The fraction of sp³-hybridized carbons (Fsp3) is 0.316. The van der Waals surface area contributed by atoms with Crippen molar-refractivity contribution in [2.75, 3.05) is 5.32 Å². The third-order valence-electron chi connectivity index (χ3n) is 4.47. The van der Waals surface area contributed by atoms with Crippen molar-refractivity contribution in [3.8, 4) is 0 Å². The zero-order valence-corrected chi connectivity index (χ0v) is 16.7. The highest BCUT2D eigenvalue weighted by molar-refractivity contribution is 6.31. The second-order valence-electron chi connectivity index (χ2n) is 6.70. The molecule has 0 aliphatic rings. The molecule has 1 unspecified atom stereocenters. The van der Waals surface area contributed by atoms with Crippen LogP contribution in [0, 0.1) is 13.8 Å². The standard InChI is InChI=1S/C19H19ClF3N5O/c1-11-9-17(26-27(11)10-14-6-4-5-7-15(14)20)24-18(29)13(3)28-12(2)8-16(25-28)19(21,22)23/h4-9,13H,10H2,1-3H3,(H,24,26,29). The van der Waals surface area contributed by atoms with Gasteiger partial charge >= 0.3 is 6.18 Å². The number of benzene rings is 1. The molecule has 0 saturated heterocycles. The first-order chi connectivity index (χ1) is 13.6. The average Bonchev–Trinajstić information content (AvgIpc) is 3.19. The highest BCUT2D eigenvalue weighted by Crippen LogP contribution is 2.29. The van der Waals surface area contributed by atoms with E-state index in [9.17, 15) is 18.0 Å². The molecule has 0 saturated carbocycles. The number of rotatable bonds is 5. The molecule has 1 atom stereocenters. The summed E-state index contributed by atoms with van der Waals surface area (Å²) in [5.74, 6) is -0.223. The lowest BCUT2D eigenvalue weighted by molar-refractivity contribution is -0.141. The van der Waals surface area contributed by atoms with Gasteiger partial charge in [-0.15, -0.1) is 0 Å². The van der Waals surface area contributed by atoms with E-state index in [2.05, 4.69) is 15.5 Å². The number of halogens is 4. The molecule has 29 heavy (non-hydrogen) atoms. The SMILES string of the molecule is Cc1cc(NC(=O)C(C)n2nc(C(F)(F)F)cc2C)nn1Cc1ccccc1Cl. The Kier molecular flexibility index (Phi) is 5.70. The molecule has 1 aromatic carbocycles. The molecule has 2 aromatic heterocycles. The molecule has 1 amide bonds. The zero-order valence-electron chi connectivity index (χ0n) is 16.0. The summed E-state index contributed by atoms with van der Waals surface area (Å²) in [5, 5.41) is 11.1. The summed E-state index contributed by atoms with van der Waals surface area (Å²) in [7, 11) is 0. The van der Waals surface area contributed by atoms with E-state index in [-0.39, 0.29) is 5.69 Å². The van der Waals surface area contributed by atoms with Crippen LogP contribution in [-0.2, 0) is 17.5 Å². The van der Waals surface area contributed by atoms with Crippen molar-refractivity contribution in [1.29, 1.82) is 0 Å². The fourth-order valence-corrected chi connectivity index (χ4v) is 3.07. The van der Waals surface area contributed by atoms with E-state index >= 15 is 0 Å². The third-order valence-corrected chi connectivity index (χ3v) is 4.84. The molecule has 154 valence electrons. The van der Waals surface area contributed by atoms with Gasteiger partial charge < -0.3 is 5.32 Å². The third kappa shape index (κ3) is 4.61. The highest BCUT2D eigenvalue weighted by Gasteiger charge is 2.35. The van der Waals surface area contributed by atoms with Gasteiger partial charge in [0.25, 0.3) is 0 Å². The topological polar surface area (TPSA) is 64.7 Å². The van der Waals surface area contributed by atoms with Gasteiger partial charge in [-0.3, -0.25) is 14.2 Å². The van der Waals surface area contributed by atoms with Crippen molar-refractivity contribution < 1.29 is 18.0 Å². The number of aryl methyl sites for hydroxylation is 2. The number of nitrogens with zero attached hydrogens (tertiary/aromatic N) is 4. The van der Waals surface area contributed by atoms with Gasteiger partial charge in [0.15, 0.2) is 11.5 Å². The summed E-state index contributed by atoms with van der Waals surface area (Å²) in [5.41, 5.74) is 0.871. The van der Waals surface area contributed by atoms with E-state index in [1.54, 1.807) is 16.8 Å². The van der Waals surface area contributed by atoms with Gasteiger partial charge in [0.2, 0.25) is 5.91 Å². The van der Waals surface area contributed by atoms with Crippen LogP contribution in [-0.4, -0.2) is 25.5 Å². The molecule has 0 bridgehead atoms. The van der Waals surface area contributed by atoms with E-state index in [0.29, 0.717) is 17.4 Å². The minimum absolute atomic E-state index is 0.236. The molecule has 0 spiro atoms. The molecule has 0 fully saturated rings. The molecule has 3 aromatic rings. The van der Waals surface area contributed by atoms with Crippen molar-refractivity contribution >= 4 is 23.3 Å². The molecule has 0 radical (unpaired) electrons. The van der Waals surface area contributed by atoms with Crippen molar-refractivity contribution in [3.05, 3.63) is 64.1 Å². The van der Waals surface area contributed by atoms with Crippen LogP contribution in [0.25, 0.3) is 0 Å². The van der Waals surface area contributed by atoms with Crippen LogP contribution in [0.5, 0.6) is 0 Å². The number of hydrogen-bond acceptors (Lipinski definition) is 3. The van der Waals surface area contributed by atoms with Crippen LogP contribution in [0.3, 0.4) is 0 Å². The van der Waals surface area contributed by atoms with E-state index in [4.69, 9.17) is 11.6 Å². The van der Waals surface area contributed by atoms with Crippen molar-refractivity contribution in [3.63, 3.8) is 0 Å². The first kappa shape index (κ1) is 20.9. The van der Waals surface area contributed by atoms with Crippen LogP contribution in [0.1, 0.15) is 35.6 Å². The molecule has 2 heterocycles. The van der Waals surface area contributed by atoms with E-state index in [0.717, 1.165) is 22.0 Å². The molecule has 0 aliphatic carbocycles. The normalized spacial score (nSPS) is 12.8. The van der Waals surface area contributed by atoms with Gasteiger partial charge in [0, 0.05) is 22.5 Å². The maximum atomic E-state index is 12.8. The van der Waals surface area contributed by atoms with Crippen LogP contribution in [0.15, 0.2) is 36.4 Å². The van der Waals surface area contributed by atoms with Gasteiger partial charge in [-0.2, -0.15) is 23.4 Å². The predicted octanol–water partition coefficient (Wildman–Crippen LogP) is 4.62. The number of aromatic nitrogens is 4. The lowest BCUT2D eigenvalue weighted by Crippen LogP contribution is -2.26. The lowest BCUT2D eigenvalue weighted by Gasteiger charge is -2.13. The fourth-order valence-electron chi connectivity index (χ4n) is 2.88. The highest BCUT2D eigenvalue weighted by atomic mass is 35.5. The summed E-state index contributed by atoms with van der Waals surface area (Å²) in [6, 6.07) is 9.00. The number of nitrogens with one attached hydrogen (secondary N) is 1. The monoisotopic (exact) mass is 425 g/mol. The summed E-state index contributed by atoms with van der Waals surface area (Å²) < 4.78 is 41.3. The maximum Gasteiger partial charge on any atom is 0.435 e. The Morgan fingerprint density at radius 1 is 1.17 bits per heavy atom. The van der Waals surface area contributed by atoms with Gasteiger partial charge in [-0.1, -0.05) is 29.8 Å². The molecule has 1 N–H and O–H groups in total. The van der Waals surface area contributed by atoms with E-state index in [1.165, 1.54) is 13.8 Å². The van der Waals surface area contributed by atoms with Gasteiger partial charge in [-0.25, -0.2) is 0 Å². The summed E-state index contributed by atoms with van der Waals surface area (Å²) >= 11 is 6.18. The Labute approximate surface area is 170 Å². The first-order valence-corrected chi connectivity index (χ1v) is 9.16.